The fraction of sp³-hybridized carbons (Fsp3) is 0.833. The molecule has 1 amide bonds. The first-order valence-electron chi connectivity index (χ1n) is 6.72. The number of nitrogens with zero attached hydrogens (tertiary/aromatic N) is 2. The third kappa shape index (κ3) is 7.11. The Labute approximate surface area is 110 Å². The summed E-state index contributed by atoms with van der Waals surface area (Å²) in [6.07, 6.45) is 2.59. The molecule has 18 heavy (non-hydrogen) atoms. The Kier molecular flexibility index (Phi) is 10.0. The van der Waals surface area contributed by atoms with E-state index >= 15 is 0 Å². The molecule has 4 N–H and O–H groups in total. The Morgan fingerprint density at radius 2 is 1.94 bits per heavy atom. The van der Waals surface area contributed by atoms with Crippen LogP contribution in [0.3, 0.4) is 0 Å². The average molecular weight is 257 g/mol. The lowest BCUT2D eigenvalue weighted by molar-refractivity contribution is -0.130. The number of amides is 1. The van der Waals surface area contributed by atoms with Crippen LogP contribution in [0.4, 0.5) is 0 Å². The summed E-state index contributed by atoms with van der Waals surface area (Å²) in [5.74, 6) is 6.05. The van der Waals surface area contributed by atoms with Crippen molar-refractivity contribution < 1.29 is 4.79 Å². The van der Waals surface area contributed by atoms with Gasteiger partial charge in [0.05, 0.1) is 0 Å². The van der Waals surface area contributed by atoms with Crippen LogP contribution in [-0.2, 0) is 4.79 Å². The van der Waals surface area contributed by atoms with Crippen LogP contribution in [0.15, 0.2) is 4.99 Å². The molecule has 6 nitrogen and oxygen atoms in total. The predicted octanol–water partition coefficient (Wildman–Crippen LogP) is 0.454. The van der Waals surface area contributed by atoms with Crippen LogP contribution in [0, 0.1) is 0 Å². The summed E-state index contributed by atoms with van der Waals surface area (Å²) in [4.78, 5) is 17.8. The highest BCUT2D eigenvalue weighted by Crippen LogP contribution is 1.92. The van der Waals surface area contributed by atoms with Crippen molar-refractivity contribution in [1.29, 1.82) is 0 Å². The van der Waals surface area contributed by atoms with Crippen molar-refractivity contribution in [3.05, 3.63) is 0 Å². The van der Waals surface area contributed by atoms with Crippen molar-refractivity contribution in [3.63, 3.8) is 0 Å². The van der Waals surface area contributed by atoms with Crippen molar-refractivity contribution in [1.82, 2.24) is 15.6 Å². The molecule has 0 saturated carbocycles. The minimum Gasteiger partial charge on any atom is -0.355 e. The van der Waals surface area contributed by atoms with Crippen LogP contribution < -0.4 is 16.6 Å². The van der Waals surface area contributed by atoms with Crippen LogP contribution in [0.1, 0.15) is 40.0 Å². The lowest BCUT2D eigenvalue weighted by atomic mass is 10.3. The van der Waals surface area contributed by atoms with Gasteiger partial charge >= 0.3 is 0 Å². The number of hydrazine groups is 1. The van der Waals surface area contributed by atoms with Gasteiger partial charge in [0.2, 0.25) is 11.9 Å². The monoisotopic (exact) mass is 257 g/mol. The first kappa shape index (κ1) is 16.7. The van der Waals surface area contributed by atoms with E-state index < -0.39 is 0 Å². The van der Waals surface area contributed by atoms with Crippen LogP contribution >= 0.6 is 0 Å². The fourth-order valence-corrected chi connectivity index (χ4v) is 1.52. The maximum absolute atomic E-state index is 11.7. The maximum atomic E-state index is 11.7. The molecule has 0 aliphatic carbocycles. The van der Waals surface area contributed by atoms with Gasteiger partial charge in [0.25, 0.3) is 0 Å². The Bertz CT molecular complexity index is 251. The first-order valence-corrected chi connectivity index (χ1v) is 6.72. The fourth-order valence-electron chi connectivity index (χ4n) is 1.52. The van der Waals surface area contributed by atoms with E-state index in [0.717, 1.165) is 32.5 Å². The van der Waals surface area contributed by atoms with Gasteiger partial charge in [-0.05, 0) is 20.3 Å². The second-order valence-corrected chi connectivity index (χ2v) is 3.97. The highest BCUT2D eigenvalue weighted by atomic mass is 16.2. The van der Waals surface area contributed by atoms with E-state index in [9.17, 15) is 4.79 Å². The molecule has 6 heteroatoms. The molecule has 0 aliphatic rings. The molecule has 0 unspecified atom stereocenters. The normalized spacial score (nSPS) is 11.2. The number of rotatable bonds is 8. The molecular weight excluding hydrogens is 230 g/mol. The van der Waals surface area contributed by atoms with Crippen LogP contribution in [0.25, 0.3) is 0 Å². The number of hydrogen-bond donors (Lipinski definition) is 3. The second kappa shape index (κ2) is 10.8. The molecule has 0 saturated heterocycles. The van der Waals surface area contributed by atoms with E-state index in [2.05, 4.69) is 22.7 Å². The summed E-state index contributed by atoms with van der Waals surface area (Å²) in [6.45, 7) is 8.87. The highest BCUT2D eigenvalue weighted by molar-refractivity contribution is 5.80. The Morgan fingerprint density at radius 3 is 2.44 bits per heavy atom. The Hall–Kier alpha value is -1.30. The summed E-state index contributed by atoms with van der Waals surface area (Å²) >= 11 is 0. The SMILES string of the molecule is CCCCN=C(NN)NCCC(=O)N(CC)CC. The minimum atomic E-state index is 0.150. The van der Waals surface area contributed by atoms with Crippen molar-refractivity contribution >= 4 is 11.9 Å². The molecule has 0 rings (SSSR count). The lowest BCUT2D eigenvalue weighted by Crippen LogP contribution is -2.43. The zero-order chi connectivity index (χ0) is 13.8. The van der Waals surface area contributed by atoms with Crippen molar-refractivity contribution in [2.45, 2.75) is 40.0 Å². The topological polar surface area (TPSA) is 82.7 Å². The van der Waals surface area contributed by atoms with Crippen LogP contribution in [0.2, 0.25) is 0 Å². The number of aliphatic imine (C=N–C) groups is 1. The Balaban J connectivity index is 3.92. The van der Waals surface area contributed by atoms with Gasteiger partial charge in [-0.25, -0.2) is 5.84 Å². The van der Waals surface area contributed by atoms with E-state index in [1.807, 2.05) is 18.7 Å². The molecule has 0 aliphatic heterocycles. The number of nitrogens with one attached hydrogen (secondary N) is 2. The highest BCUT2D eigenvalue weighted by Gasteiger charge is 2.08. The molecule has 0 spiro atoms. The second-order valence-electron chi connectivity index (χ2n) is 3.97. The van der Waals surface area contributed by atoms with Crippen molar-refractivity contribution in [2.75, 3.05) is 26.2 Å². The summed E-state index contributed by atoms with van der Waals surface area (Å²) in [6, 6.07) is 0. The molecule has 106 valence electrons. The minimum absolute atomic E-state index is 0.150. The van der Waals surface area contributed by atoms with Gasteiger partial charge in [-0.15, -0.1) is 0 Å². The van der Waals surface area contributed by atoms with E-state index in [0.29, 0.717) is 18.9 Å². The van der Waals surface area contributed by atoms with Crippen LogP contribution in [-0.4, -0.2) is 42.9 Å². The third-order valence-electron chi connectivity index (χ3n) is 2.67. The number of hydrogen-bond acceptors (Lipinski definition) is 3. The predicted molar refractivity (Wildman–Crippen MR) is 75.1 cm³/mol. The van der Waals surface area contributed by atoms with E-state index in [-0.39, 0.29) is 5.91 Å². The molecule has 0 atom stereocenters. The summed E-state index contributed by atoms with van der Waals surface area (Å²) in [7, 11) is 0. The molecule has 0 bridgehead atoms. The quantitative estimate of drug-likeness (QED) is 0.194. The molecule has 0 fully saturated rings. The summed E-state index contributed by atoms with van der Waals surface area (Å²) < 4.78 is 0. The van der Waals surface area contributed by atoms with Crippen LogP contribution in [0.5, 0.6) is 0 Å². The third-order valence-corrected chi connectivity index (χ3v) is 2.67. The first-order chi connectivity index (χ1) is 8.69. The molecule has 0 aromatic heterocycles. The van der Waals surface area contributed by atoms with Gasteiger partial charge < -0.3 is 10.2 Å². The summed E-state index contributed by atoms with van der Waals surface area (Å²) in [5.41, 5.74) is 2.51. The number of carbonyl (C=O) groups is 1. The smallest absolute Gasteiger partial charge is 0.224 e. The van der Waals surface area contributed by atoms with Gasteiger partial charge in [0, 0.05) is 32.6 Å². The van der Waals surface area contributed by atoms with Gasteiger partial charge in [0.15, 0.2) is 0 Å². The molecule has 0 aromatic rings. The van der Waals surface area contributed by atoms with Gasteiger partial charge in [-0.2, -0.15) is 0 Å². The number of nitrogens with two attached hydrogens (primary N) is 1. The van der Waals surface area contributed by atoms with Gasteiger partial charge in [0.1, 0.15) is 0 Å². The van der Waals surface area contributed by atoms with E-state index in [1.54, 1.807) is 0 Å². The maximum Gasteiger partial charge on any atom is 0.224 e. The zero-order valence-electron chi connectivity index (χ0n) is 11.8. The Morgan fingerprint density at radius 1 is 1.28 bits per heavy atom. The number of unbranched alkanes of at least 4 members (excludes halogenated alkanes) is 1. The van der Waals surface area contributed by atoms with E-state index in [1.165, 1.54) is 0 Å². The number of carbonyl (C=O) groups excluding carboxylic acids is 1. The lowest BCUT2D eigenvalue weighted by Gasteiger charge is -2.18. The molecule has 0 radical (unpaired) electrons. The van der Waals surface area contributed by atoms with Crippen molar-refractivity contribution in [3.8, 4) is 0 Å². The van der Waals surface area contributed by atoms with E-state index in [4.69, 9.17) is 5.84 Å². The van der Waals surface area contributed by atoms with Gasteiger partial charge in [-0.3, -0.25) is 15.2 Å². The van der Waals surface area contributed by atoms with Crippen molar-refractivity contribution in [2.24, 2.45) is 10.8 Å². The largest absolute Gasteiger partial charge is 0.355 e. The number of guanidine groups is 1. The average Bonchev–Trinajstić information content (AvgIpc) is 2.38. The molecule has 0 aromatic carbocycles. The molecule has 0 heterocycles. The zero-order valence-corrected chi connectivity index (χ0v) is 11.8. The standard InChI is InChI=1S/C12H27N5O/c1-4-7-9-14-12(16-13)15-10-8-11(18)17(5-2)6-3/h4-10,13H2,1-3H3,(H2,14,15,16). The molecular formula is C12H27N5O. The van der Waals surface area contributed by atoms with Gasteiger partial charge in [-0.1, -0.05) is 13.3 Å². The summed E-state index contributed by atoms with van der Waals surface area (Å²) in [5, 5.41) is 3.03.